The Labute approximate surface area is 79.8 Å². The van der Waals surface area contributed by atoms with Gasteiger partial charge in [0.05, 0.1) is 0 Å². The molecule has 0 saturated heterocycles. The molecule has 0 aromatic heterocycles. The lowest BCUT2D eigenvalue weighted by atomic mass is 10.1. The minimum absolute atomic E-state index is 0.0775. The van der Waals surface area contributed by atoms with Crippen LogP contribution in [0.1, 0.15) is 27.2 Å². The number of carbonyl (C=O) groups is 1. The third kappa shape index (κ3) is 3.74. The maximum atomic E-state index is 11.4. The van der Waals surface area contributed by atoms with Gasteiger partial charge in [-0.25, -0.2) is 0 Å². The number of rotatable bonds is 4. The lowest BCUT2D eigenvalue weighted by Gasteiger charge is -2.03. The van der Waals surface area contributed by atoms with Crippen molar-refractivity contribution in [1.82, 2.24) is 0 Å². The van der Waals surface area contributed by atoms with Crippen LogP contribution in [0.15, 0.2) is 35.6 Å². The van der Waals surface area contributed by atoms with Crippen molar-refractivity contribution in [1.29, 1.82) is 0 Å². The van der Waals surface area contributed by atoms with Gasteiger partial charge in [-0.2, -0.15) is 0 Å². The smallest absolute Gasteiger partial charge is 0.164 e. The zero-order chi connectivity index (χ0) is 10.3. The first-order chi connectivity index (χ1) is 6.17. The highest BCUT2D eigenvalue weighted by atomic mass is 16.1. The molecule has 0 saturated carbocycles. The molecule has 0 aromatic rings. The van der Waals surface area contributed by atoms with E-state index in [1.807, 2.05) is 32.9 Å². The van der Waals surface area contributed by atoms with Crippen LogP contribution in [-0.4, -0.2) is 5.78 Å². The highest BCUT2D eigenvalue weighted by molar-refractivity contribution is 5.99. The van der Waals surface area contributed by atoms with E-state index < -0.39 is 0 Å². The molecule has 0 rings (SSSR count). The molecule has 0 aliphatic rings. The van der Waals surface area contributed by atoms with Gasteiger partial charge in [-0.05, 0) is 19.9 Å². The molecule has 2 nitrogen and oxygen atoms in total. The number of nitrogens with two attached hydrogens (primary N) is 1. The zero-order valence-electron chi connectivity index (χ0n) is 8.50. The van der Waals surface area contributed by atoms with Gasteiger partial charge >= 0.3 is 0 Å². The Bertz CT molecular complexity index is 259. The molecule has 0 heterocycles. The summed E-state index contributed by atoms with van der Waals surface area (Å²) in [7, 11) is 0. The summed E-state index contributed by atoms with van der Waals surface area (Å²) in [6.07, 6.45) is 7.66. The summed E-state index contributed by atoms with van der Waals surface area (Å²) in [6, 6.07) is 0. The first-order valence-corrected chi connectivity index (χ1v) is 4.45. The minimum Gasteiger partial charge on any atom is -0.398 e. The van der Waals surface area contributed by atoms with Crippen molar-refractivity contribution >= 4 is 5.78 Å². The molecule has 0 unspecified atom stereocenters. The van der Waals surface area contributed by atoms with Crippen LogP contribution < -0.4 is 5.73 Å². The third-order valence-corrected chi connectivity index (χ3v) is 1.70. The van der Waals surface area contributed by atoms with E-state index in [9.17, 15) is 4.79 Å². The molecule has 0 bridgehead atoms. The van der Waals surface area contributed by atoms with E-state index in [0.29, 0.717) is 17.7 Å². The van der Waals surface area contributed by atoms with Crippen molar-refractivity contribution in [2.75, 3.05) is 0 Å². The summed E-state index contributed by atoms with van der Waals surface area (Å²) >= 11 is 0. The molecule has 0 amide bonds. The third-order valence-electron chi connectivity index (χ3n) is 1.70. The lowest BCUT2D eigenvalue weighted by Crippen LogP contribution is -2.09. The van der Waals surface area contributed by atoms with Crippen molar-refractivity contribution in [3.8, 4) is 0 Å². The summed E-state index contributed by atoms with van der Waals surface area (Å²) in [5.74, 6) is 0.0775. The molecular weight excluding hydrogens is 162 g/mol. The lowest BCUT2D eigenvalue weighted by molar-refractivity contribution is -0.115. The Kier molecular flexibility index (Phi) is 5.60. The summed E-state index contributed by atoms with van der Waals surface area (Å²) in [5.41, 5.74) is 6.82. The predicted octanol–water partition coefficient (Wildman–Crippen LogP) is 2.33. The molecule has 72 valence electrons. The van der Waals surface area contributed by atoms with Crippen LogP contribution in [0.4, 0.5) is 0 Å². The number of Topliss-reactive ketones (excluding diaryl/α,β-unsaturated/α-hetero) is 1. The fourth-order valence-electron chi connectivity index (χ4n) is 0.889. The predicted molar refractivity (Wildman–Crippen MR) is 56.1 cm³/mol. The first-order valence-electron chi connectivity index (χ1n) is 4.45. The van der Waals surface area contributed by atoms with Crippen molar-refractivity contribution in [2.24, 2.45) is 5.73 Å². The van der Waals surface area contributed by atoms with Gasteiger partial charge in [0.25, 0.3) is 0 Å². The van der Waals surface area contributed by atoms with E-state index >= 15 is 0 Å². The Morgan fingerprint density at radius 2 is 2.00 bits per heavy atom. The summed E-state index contributed by atoms with van der Waals surface area (Å²) in [5, 5.41) is 0. The second-order valence-electron chi connectivity index (χ2n) is 2.63. The Morgan fingerprint density at radius 1 is 1.38 bits per heavy atom. The summed E-state index contributed by atoms with van der Waals surface area (Å²) < 4.78 is 0. The summed E-state index contributed by atoms with van der Waals surface area (Å²) in [4.78, 5) is 11.4. The van der Waals surface area contributed by atoms with Crippen LogP contribution in [0.2, 0.25) is 0 Å². The van der Waals surface area contributed by atoms with Crippen LogP contribution in [0, 0.1) is 0 Å². The van der Waals surface area contributed by atoms with Crippen LogP contribution in [0.3, 0.4) is 0 Å². The maximum Gasteiger partial charge on any atom is 0.164 e. The van der Waals surface area contributed by atoms with Gasteiger partial charge in [0.15, 0.2) is 5.78 Å². The number of carbonyl (C=O) groups excluding carboxylic acids is 1. The van der Waals surface area contributed by atoms with Crippen LogP contribution in [-0.2, 0) is 4.79 Å². The van der Waals surface area contributed by atoms with Crippen molar-refractivity contribution in [3.63, 3.8) is 0 Å². The minimum atomic E-state index is 0.0775. The van der Waals surface area contributed by atoms with E-state index in [0.717, 1.165) is 0 Å². The zero-order valence-corrected chi connectivity index (χ0v) is 8.50. The van der Waals surface area contributed by atoms with Crippen LogP contribution >= 0.6 is 0 Å². The van der Waals surface area contributed by atoms with Crippen molar-refractivity contribution < 1.29 is 4.79 Å². The second kappa shape index (κ2) is 6.23. The van der Waals surface area contributed by atoms with Crippen molar-refractivity contribution in [3.05, 3.63) is 35.6 Å². The van der Waals surface area contributed by atoms with E-state index in [-0.39, 0.29) is 5.78 Å². The fraction of sp³-hybridized carbons (Fsp3) is 0.364. The van der Waals surface area contributed by atoms with Gasteiger partial charge in [0.1, 0.15) is 0 Å². The number of allylic oxidation sites excluding steroid dienone is 5. The highest BCUT2D eigenvalue weighted by Crippen LogP contribution is 2.08. The van der Waals surface area contributed by atoms with E-state index in [1.54, 1.807) is 12.2 Å². The van der Waals surface area contributed by atoms with Gasteiger partial charge in [0.2, 0.25) is 0 Å². The number of hydrogen-bond donors (Lipinski definition) is 1. The average Bonchev–Trinajstić information content (AvgIpc) is 2.17. The maximum absolute atomic E-state index is 11.4. The van der Waals surface area contributed by atoms with Gasteiger partial charge < -0.3 is 5.73 Å². The molecule has 0 atom stereocenters. The van der Waals surface area contributed by atoms with Gasteiger partial charge in [-0.3, -0.25) is 4.79 Å². The molecule has 13 heavy (non-hydrogen) atoms. The van der Waals surface area contributed by atoms with Crippen LogP contribution in [0.25, 0.3) is 0 Å². The summed E-state index contributed by atoms with van der Waals surface area (Å²) in [6.45, 7) is 5.55. The number of ketones is 1. The SMILES string of the molecule is C\C=C/C=C(C(=O)CC)\C(N)=C/C. The fourth-order valence-corrected chi connectivity index (χ4v) is 0.889. The van der Waals surface area contributed by atoms with Gasteiger partial charge in [-0.1, -0.05) is 25.2 Å². The van der Waals surface area contributed by atoms with E-state index in [2.05, 4.69) is 0 Å². The molecule has 2 N–H and O–H groups in total. The monoisotopic (exact) mass is 179 g/mol. The molecule has 0 spiro atoms. The van der Waals surface area contributed by atoms with Gasteiger partial charge in [0, 0.05) is 17.7 Å². The molecule has 0 radical (unpaired) electrons. The normalized spacial score (nSPS) is 13.8. The standard InChI is InChI=1S/C11H17NO/c1-4-7-8-9(10(12)5-2)11(13)6-3/h4-5,7-8H,6,12H2,1-3H3/b7-4-,9-8+,10-5+. The molecule has 0 aromatic carbocycles. The quantitative estimate of drug-likeness (QED) is 0.531. The highest BCUT2D eigenvalue weighted by Gasteiger charge is 2.07. The van der Waals surface area contributed by atoms with Crippen molar-refractivity contribution in [2.45, 2.75) is 27.2 Å². The Balaban J connectivity index is 4.86. The second-order valence-corrected chi connectivity index (χ2v) is 2.63. The van der Waals surface area contributed by atoms with Crippen LogP contribution in [0.5, 0.6) is 0 Å². The first kappa shape index (κ1) is 11.7. The average molecular weight is 179 g/mol. The Morgan fingerprint density at radius 3 is 2.38 bits per heavy atom. The molecule has 2 heteroatoms. The molecule has 0 fully saturated rings. The topological polar surface area (TPSA) is 43.1 Å². The molecule has 0 aliphatic carbocycles. The molecule has 0 aliphatic heterocycles. The number of hydrogen-bond acceptors (Lipinski definition) is 2. The van der Waals surface area contributed by atoms with E-state index in [1.165, 1.54) is 0 Å². The van der Waals surface area contributed by atoms with E-state index in [4.69, 9.17) is 5.73 Å². The Hall–Kier alpha value is -1.31. The molecular formula is C11H17NO. The largest absolute Gasteiger partial charge is 0.398 e. The van der Waals surface area contributed by atoms with Gasteiger partial charge in [-0.15, -0.1) is 0 Å².